The summed E-state index contributed by atoms with van der Waals surface area (Å²) in [6.45, 7) is 0. The molecule has 1 aromatic heterocycles. The third-order valence-electron chi connectivity index (χ3n) is 0.904. The van der Waals surface area contributed by atoms with Gasteiger partial charge in [-0.05, 0) is 6.07 Å². The summed E-state index contributed by atoms with van der Waals surface area (Å²) in [6, 6.07) is 1.67. The minimum Gasteiger partial charge on any atom is -0.347 e. The van der Waals surface area contributed by atoms with Crippen molar-refractivity contribution in [3.8, 4) is 0 Å². The zero-order chi connectivity index (χ0) is 6.69. The summed E-state index contributed by atoms with van der Waals surface area (Å²) in [4.78, 5) is 9.66. The molecule has 0 amide bonds. The first kappa shape index (κ1) is 6.01. The topological polar surface area (TPSA) is 29.0 Å². The molecular formula is C6H8N3. The second-order valence-electron chi connectivity index (χ2n) is 1.88. The van der Waals surface area contributed by atoms with Crippen LogP contribution in [0.3, 0.4) is 0 Å². The molecule has 0 bridgehead atoms. The van der Waals surface area contributed by atoms with Gasteiger partial charge in [0.05, 0.1) is 6.20 Å². The van der Waals surface area contributed by atoms with Crippen LogP contribution in [0.25, 0.3) is 0 Å². The lowest BCUT2D eigenvalue weighted by molar-refractivity contribution is 0.995. The number of nitrogens with zero attached hydrogens (tertiary/aromatic N) is 3. The maximum atomic E-state index is 3.96. The lowest BCUT2D eigenvalue weighted by Gasteiger charge is -2.06. The number of aromatic nitrogens is 2. The number of rotatable bonds is 1. The Morgan fingerprint density at radius 1 is 1.56 bits per heavy atom. The van der Waals surface area contributed by atoms with E-state index in [-0.39, 0.29) is 0 Å². The zero-order valence-corrected chi connectivity index (χ0v) is 5.50. The van der Waals surface area contributed by atoms with Gasteiger partial charge < -0.3 is 4.90 Å². The molecule has 1 aromatic rings. The first-order valence-electron chi connectivity index (χ1n) is 2.67. The van der Waals surface area contributed by atoms with Gasteiger partial charge in [0.2, 0.25) is 5.95 Å². The van der Waals surface area contributed by atoms with Gasteiger partial charge in [0.15, 0.2) is 0 Å². The molecule has 0 aromatic carbocycles. The molecule has 1 rings (SSSR count). The maximum absolute atomic E-state index is 3.96. The van der Waals surface area contributed by atoms with E-state index in [4.69, 9.17) is 0 Å². The Morgan fingerprint density at radius 3 is 2.67 bits per heavy atom. The van der Waals surface area contributed by atoms with Crippen LogP contribution in [-0.4, -0.2) is 24.1 Å². The predicted octanol–water partition coefficient (Wildman–Crippen LogP) is 0.343. The Hall–Kier alpha value is -1.12. The number of anilines is 1. The lowest BCUT2D eigenvalue weighted by atomic mass is 10.7. The molecule has 3 heteroatoms. The molecule has 0 N–H and O–H groups in total. The summed E-state index contributed by atoms with van der Waals surface area (Å²) in [7, 11) is 3.78. The lowest BCUT2D eigenvalue weighted by Crippen LogP contribution is -2.11. The van der Waals surface area contributed by atoms with Crippen LogP contribution < -0.4 is 4.90 Å². The van der Waals surface area contributed by atoms with Crippen molar-refractivity contribution in [1.82, 2.24) is 9.97 Å². The molecule has 0 atom stereocenters. The van der Waals surface area contributed by atoms with Gasteiger partial charge in [0.25, 0.3) is 0 Å². The van der Waals surface area contributed by atoms with Gasteiger partial charge in [-0.15, -0.1) is 0 Å². The van der Waals surface area contributed by atoms with E-state index in [1.807, 2.05) is 19.0 Å². The third kappa shape index (κ3) is 1.38. The smallest absolute Gasteiger partial charge is 0.225 e. The molecule has 0 unspecified atom stereocenters. The maximum Gasteiger partial charge on any atom is 0.225 e. The van der Waals surface area contributed by atoms with Gasteiger partial charge >= 0.3 is 0 Å². The van der Waals surface area contributed by atoms with Gasteiger partial charge in [-0.3, -0.25) is 0 Å². The monoisotopic (exact) mass is 123 g/mol. The largest absolute Gasteiger partial charge is 0.347 e. The van der Waals surface area contributed by atoms with E-state index < -0.39 is 0 Å². The van der Waals surface area contributed by atoms with E-state index in [9.17, 15) is 0 Å². The average Bonchev–Trinajstić information content (AvgIpc) is 1.90. The summed E-state index contributed by atoms with van der Waals surface area (Å²) < 4.78 is 0. The second-order valence-corrected chi connectivity index (χ2v) is 1.88. The zero-order valence-electron chi connectivity index (χ0n) is 5.50. The number of hydrogen-bond acceptors (Lipinski definition) is 3. The van der Waals surface area contributed by atoms with Crippen molar-refractivity contribution in [3.63, 3.8) is 0 Å². The molecule has 0 aliphatic rings. The highest BCUT2D eigenvalue weighted by atomic mass is 15.4. The third-order valence-corrected chi connectivity index (χ3v) is 0.904. The summed E-state index contributed by atoms with van der Waals surface area (Å²) in [5, 5.41) is 0. The molecule has 0 spiro atoms. The van der Waals surface area contributed by atoms with Crippen molar-refractivity contribution in [2.75, 3.05) is 19.0 Å². The molecule has 0 saturated heterocycles. The van der Waals surface area contributed by atoms with E-state index in [2.05, 4.69) is 16.2 Å². The Labute approximate surface area is 54.4 Å². The van der Waals surface area contributed by atoms with Crippen LogP contribution in [0.4, 0.5) is 5.95 Å². The second kappa shape index (κ2) is 2.44. The van der Waals surface area contributed by atoms with E-state index >= 15 is 0 Å². The van der Waals surface area contributed by atoms with Crippen molar-refractivity contribution in [1.29, 1.82) is 0 Å². The van der Waals surface area contributed by atoms with Crippen LogP contribution in [-0.2, 0) is 0 Å². The summed E-state index contributed by atoms with van der Waals surface area (Å²) in [5.74, 6) is 0.692. The molecule has 1 radical (unpaired) electrons. The SMILES string of the molecule is CN(C)[13c]1n[c]ccn1. The molecular weight excluding hydrogens is 115 g/mol. The van der Waals surface area contributed by atoms with E-state index in [0.717, 1.165) is 0 Å². The highest BCUT2D eigenvalue weighted by Gasteiger charge is 1.92. The van der Waals surface area contributed by atoms with Crippen molar-refractivity contribution < 1.29 is 0 Å². The van der Waals surface area contributed by atoms with Crippen molar-refractivity contribution in [2.45, 2.75) is 0 Å². The predicted molar refractivity (Wildman–Crippen MR) is 35.2 cm³/mol. The fraction of sp³-hybridized carbons (Fsp3) is 0.333. The summed E-state index contributed by atoms with van der Waals surface area (Å²) in [6.07, 6.45) is 4.36. The highest BCUT2D eigenvalue weighted by Crippen LogP contribution is 1.95. The quantitative estimate of drug-likeness (QED) is 0.539. The summed E-state index contributed by atoms with van der Waals surface area (Å²) in [5.41, 5.74) is 0. The van der Waals surface area contributed by atoms with Crippen molar-refractivity contribution >= 4 is 5.95 Å². The Balaban J connectivity index is 2.85. The number of hydrogen-bond donors (Lipinski definition) is 0. The Kier molecular flexibility index (Phi) is 1.63. The minimum absolute atomic E-state index is 0.692. The minimum atomic E-state index is 0.692. The van der Waals surface area contributed by atoms with Gasteiger partial charge in [-0.2, -0.15) is 0 Å². The molecule has 47 valence electrons. The van der Waals surface area contributed by atoms with Crippen LogP contribution in [0.1, 0.15) is 0 Å². The average molecular weight is 123 g/mol. The fourth-order valence-corrected chi connectivity index (χ4v) is 0.477. The molecule has 9 heavy (non-hydrogen) atoms. The van der Waals surface area contributed by atoms with Gasteiger partial charge in [0.1, 0.15) is 0 Å². The summed E-state index contributed by atoms with van der Waals surface area (Å²) >= 11 is 0. The van der Waals surface area contributed by atoms with Gasteiger partial charge in [-0.25, -0.2) is 9.97 Å². The van der Waals surface area contributed by atoms with Crippen LogP contribution >= 0.6 is 0 Å². The van der Waals surface area contributed by atoms with E-state index in [1.54, 1.807) is 12.3 Å². The molecule has 0 saturated carbocycles. The highest BCUT2D eigenvalue weighted by molar-refractivity contribution is 5.23. The van der Waals surface area contributed by atoms with Crippen LogP contribution in [0.5, 0.6) is 0 Å². The molecule has 1 heterocycles. The van der Waals surface area contributed by atoms with Gasteiger partial charge in [-0.1, -0.05) is 0 Å². The van der Waals surface area contributed by atoms with E-state index in [1.165, 1.54) is 0 Å². The van der Waals surface area contributed by atoms with Crippen molar-refractivity contribution in [3.05, 3.63) is 18.5 Å². The van der Waals surface area contributed by atoms with Crippen LogP contribution in [0, 0.1) is 6.20 Å². The standard InChI is InChI=1S/C6H8N3/c1-9(2)6-7-4-3-5-8-6/h3-4H,1-2H3/i6+1. The molecule has 3 nitrogen and oxygen atoms in total. The first-order chi connectivity index (χ1) is 4.30. The Bertz CT molecular complexity index is 171. The molecule has 0 aliphatic heterocycles. The van der Waals surface area contributed by atoms with Crippen LogP contribution in [0.15, 0.2) is 12.3 Å². The normalized spacial score (nSPS) is 9.11. The fourth-order valence-electron chi connectivity index (χ4n) is 0.477. The molecule has 0 aliphatic carbocycles. The first-order valence-corrected chi connectivity index (χ1v) is 2.67. The van der Waals surface area contributed by atoms with Crippen molar-refractivity contribution in [2.24, 2.45) is 0 Å². The Morgan fingerprint density at radius 2 is 2.33 bits per heavy atom. The van der Waals surface area contributed by atoms with E-state index in [0.29, 0.717) is 5.95 Å². The molecule has 0 fully saturated rings. The van der Waals surface area contributed by atoms with Crippen LogP contribution in [0.2, 0.25) is 0 Å². The van der Waals surface area contributed by atoms with Gasteiger partial charge in [0, 0.05) is 20.3 Å².